The molecule has 1 heterocycles. The van der Waals surface area contributed by atoms with Gasteiger partial charge < -0.3 is 14.8 Å². The molecule has 8 heteroatoms. The van der Waals surface area contributed by atoms with Crippen molar-refractivity contribution in [2.24, 2.45) is 0 Å². The van der Waals surface area contributed by atoms with E-state index in [1.807, 2.05) is 0 Å². The van der Waals surface area contributed by atoms with E-state index in [4.69, 9.17) is 16.0 Å². The maximum absolute atomic E-state index is 12.6. The molecule has 0 aliphatic rings. The van der Waals surface area contributed by atoms with Crippen LogP contribution in [-0.4, -0.2) is 17.6 Å². The van der Waals surface area contributed by atoms with Crippen LogP contribution in [0.4, 0.5) is 13.2 Å². The second-order valence-corrected chi connectivity index (χ2v) is 4.83. The molecule has 0 radical (unpaired) electrons. The molecule has 118 valence electrons. The zero-order chi connectivity index (χ0) is 16.3. The summed E-state index contributed by atoms with van der Waals surface area (Å²) >= 11 is 5.52. The molecule has 1 aromatic carbocycles. The van der Waals surface area contributed by atoms with Crippen LogP contribution in [0, 0.1) is 0 Å². The van der Waals surface area contributed by atoms with Gasteiger partial charge in [0.05, 0.1) is 11.7 Å². The number of benzene rings is 1. The Balaban J connectivity index is 2.00. The SMILES string of the molecule is O=C(NCC(O)c1cccc(C(F)(F)F)c1)c1ccc(Cl)o1. The van der Waals surface area contributed by atoms with Crippen molar-refractivity contribution in [1.29, 1.82) is 0 Å². The number of halogens is 4. The Labute approximate surface area is 128 Å². The van der Waals surface area contributed by atoms with Crippen molar-refractivity contribution in [1.82, 2.24) is 5.32 Å². The summed E-state index contributed by atoms with van der Waals surface area (Å²) in [6, 6.07) is 6.99. The second kappa shape index (κ2) is 6.41. The smallest absolute Gasteiger partial charge is 0.416 e. The lowest BCUT2D eigenvalue weighted by Crippen LogP contribution is -2.28. The fraction of sp³-hybridized carbons (Fsp3) is 0.214. The molecule has 22 heavy (non-hydrogen) atoms. The van der Waals surface area contributed by atoms with Crippen molar-refractivity contribution in [2.45, 2.75) is 12.3 Å². The molecule has 2 N–H and O–H groups in total. The van der Waals surface area contributed by atoms with Crippen LogP contribution in [-0.2, 0) is 6.18 Å². The lowest BCUT2D eigenvalue weighted by molar-refractivity contribution is -0.137. The molecule has 1 amide bonds. The van der Waals surface area contributed by atoms with Crippen LogP contribution in [0.1, 0.15) is 27.8 Å². The van der Waals surface area contributed by atoms with E-state index < -0.39 is 23.8 Å². The number of aliphatic hydroxyl groups excluding tert-OH is 1. The van der Waals surface area contributed by atoms with Gasteiger partial charge in [-0.15, -0.1) is 0 Å². The zero-order valence-corrected chi connectivity index (χ0v) is 11.8. The number of aliphatic hydroxyl groups is 1. The molecule has 0 aliphatic carbocycles. The molecule has 1 unspecified atom stereocenters. The molecule has 0 fully saturated rings. The van der Waals surface area contributed by atoms with E-state index in [1.165, 1.54) is 24.3 Å². The Bertz CT molecular complexity index is 669. The number of hydrogen-bond acceptors (Lipinski definition) is 3. The van der Waals surface area contributed by atoms with Crippen LogP contribution in [0.3, 0.4) is 0 Å². The third-order valence-electron chi connectivity index (χ3n) is 2.85. The van der Waals surface area contributed by atoms with Gasteiger partial charge in [0, 0.05) is 6.54 Å². The van der Waals surface area contributed by atoms with E-state index in [9.17, 15) is 23.1 Å². The van der Waals surface area contributed by atoms with Gasteiger partial charge in [0.15, 0.2) is 11.0 Å². The molecule has 4 nitrogen and oxygen atoms in total. The van der Waals surface area contributed by atoms with Crippen molar-refractivity contribution in [3.63, 3.8) is 0 Å². The molecule has 1 aromatic heterocycles. The number of carbonyl (C=O) groups is 1. The minimum absolute atomic E-state index is 0.0311. The maximum Gasteiger partial charge on any atom is 0.416 e. The van der Waals surface area contributed by atoms with Crippen LogP contribution in [0.25, 0.3) is 0 Å². The van der Waals surface area contributed by atoms with Crippen molar-refractivity contribution in [3.8, 4) is 0 Å². The van der Waals surface area contributed by atoms with Crippen LogP contribution in [0.5, 0.6) is 0 Å². The molecule has 1 atom stereocenters. The number of amides is 1. The van der Waals surface area contributed by atoms with Gasteiger partial charge in [-0.2, -0.15) is 13.2 Å². The van der Waals surface area contributed by atoms with Crippen molar-refractivity contribution in [2.75, 3.05) is 6.54 Å². The summed E-state index contributed by atoms with van der Waals surface area (Å²) in [6.07, 6.45) is -5.78. The van der Waals surface area contributed by atoms with Gasteiger partial charge in [-0.3, -0.25) is 4.79 Å². The summed E-state index contributed by atoms with van der Waals surface area (Å²) in [5.41, 5.74) is -0.819. The largest absolute Gasteiger partial charge is 0.440 e. The normalized spacial score (nSPS) is 13.0. The summed E-state index contributed by atoms with van der Waals surface area (Å²) in [5.74, 6) is -0.681. The van der Waals surface area contributed by atoms with Crippen LogP contribution in [0.15, 0.2) is 40.8 Å². The van der Waals surface area contributed by atoms with E-state index in [0.29, 0.717) is 0 Å². The monoisotopic (exact) mass is 333 g/mol. The van der Waals surface area contributed by atoms with Gasteiger partial charge in [-0.05, 0) is 41.4 Å². The quantitative estimate of drug-likeness (QED) is 0.901. The van der Waals surface area contributed by atoms with Gasteiger partial charge >= 0.3 is 6.18 Å². The number of furan rings is 1. The number of hydrogen-bond donors (Lipinski definition) is 2. The third kappa shape index (κ3) is 4.02. The Morgan fingerprint density at radius 3 is 2.64 bits per heavy atom. The molecule has 0 saturated heterocycles. The molecule has 0 saturated carbocycles. The topological polar surface area (TPSA) is 62.5 Å². The first kappa shape index (κ1) is 16.4. The number of alkyl halides is 3. The Morgan fingerprint density at radius 1 is 1.32 bits per heavy atom. The first-order valence-corrected chi connectivity index (χ1v) is 6.54. The fourth-order valence-electron chi connectivity index (χ4n) is 1.75. The highest BCUT2D eigenvalue weighted by molar-refractivity contribution is 6.29. The lowest BCUT2D eigenvalue weighted by atomic mass is 10.1. The third-order valence-corrected chi connectivity index (χ3v) is 3.05. The fourth-order valence-corrected chi connectivity index (χ4v) is 1.90. The minimum atomic E-state index is -4.50. The van der Waals surface area contributed by atoms with E-state index in [2.05, 4.69) is 5.32 Å². The van der Waals surface area contributed by atoms with Crippen molar-refractivity contribution >= 4 is 17.5 Å². The van der Waals surface area contributed by atoms with Gasteiger partial charge in [-0.25, -0.2) is 0 Å². The highest BCUT2D eigenvalue weighted by Gasteiger charge is 2.30. The summed E-state index contributed by atoms with van der Waals surface area (Å²) < 4.78 is 42.6. The molecular weight excluding hydrogens is 323 g/mol. The van der Waals surface area contributed by atoms with Crippen LogP contribution >= 0.6 is 11.6 Å². The average molecular weight is 334 g/mol. The first-order valence-electron chi connectivity index (χ1n) is 6.16. The zero-order valence-electron chi connectivity index (χ0n) is 11.0. The molecule has 0 aliphatic heterocycles. The standard InChI is InChI=1S/C14H11ClF3NO3/c15-12-5-4-11(22-12)13(21)19-7-10(20)8-2-1-3-9(6-8)14(16,17)18/h1-6,10,20H,7H2,(H,19,21). The molecule has 0 bridgehead atoms. The molecule has 0 spiro atoms. The second-order valence-electron chi connectivity index (χ2n) is 4.45. The summed E-state index contributed by atoms with van der Waals surface area (Å²) in [4.78, 5) is 11.7. The maximum atomic E-state index is 12.6. The van der Waals surface area contributed by atoms with Crippen molar-refractivity contribution in [3.05, 3.63) is 58.5 Å². The van der Waals surface area contributed by atoms with E-state index in [0.717, 1.165) is 12.1 Å². The Hall–Kier alpha value is -1.99. The van der Waals surface area contributed by atoms with E-state index in [-0.39, 0.29) is 23.1 Å². The van der Waals surface area contributed by atoms with Crippen LogP contribution < -0.4 is 5.32 Å². The van der Waals surface area contributed by atoms with E-state index >= 15 is 0 Å². The highest BCUT2D eigenvalue weighted by atomic mass is 35.5. The van der Waals surface area contributed by atoms with Crippen LogP contribution in [0.2, 0.25) is 5.22 Å². The summed E-state index contributed by atoms with van der Waals surface area (Å²) in [6.45, 7) is -0.265. The molecule has 2 aromatic rings. The average Bonchev–Trinajstić information content (AvgIpc) is 2.90. The predicted octanol–water partition coefficient (Wildman–Crippen LogP) is 3.42. The van der Waals surface area contributed by atoms with E-state index in [1.54, 1.807) is 0 Å². The molecule has 2 rings (SSSR count). The Kier molecular flexibility index (Phi) is 4.77. The lowest BCUT2D eigenvalue weighted by Gasteiger charge is -2.14. The minimum Gasteiger partial charge on any atom is -0.440 e. The Morgan fingerprint density at radius 2 is 2.05 bits per heavy atom. The first-order chi connectivity index (χ1) is 10.3. The predicted molar refractivity (Wildman–Crippen MR) is 72.5 cm³/mol. The van der Waals surface area contributed by atoms with Gasteiger partial charge in [0.25, 0.3) is 5.91 Å². The highest BCUT2D eigenvalue weighted by Crippen LogP contribution is 2.30. The van der Waals surface area contributed by atoms with Gasteiger partial charge in [0.1, 0.15) is 0 Å². The van der Waals surface area contributed by atoms with Gasteiger partial charge in [0.2, 0.25) is 0 Å². The number of carbonyl (C=O) groups excluding carboxylic acids is 1. The number of rotatable bonds is 4. The molecular formula is C14H11ClF3NO3. The number of nitrogens with one attached hydrogen (secondary N) is 1. The summed E-state index contributed by atoms with van der Waals surface area (Å²) in [7, 11) is 0. The van der Waals surface area contributed by atoms with Crippen molar-refractivity contribution < 1.29 is 27.5 Å². The summed E-state index contributed by atoms with van der Waals surface area (Å²) in [5, 5.41) is 12.3. The van der Waals surface area contributed by atoms with Gasteiger partial charge in [-0.1, -0.05) is 12.1 Å².